The first-order valence-corrected chi connectivity index (χ1v) is 7.73. The van der Waals surface area contributed by atoms with Crippen LogP contribution < -0.4 is 10.2 Å². The fourth-order valence-corrected chi connectivity index (χ4v) is 3.37. The summed E-state index contributed by atoms with van der Waals surface area (Å²) in [6, 6.07) is 6.06. The number of carbonyl (C=O) groups is 1. The molecule has 0 aliphatic carbocycles. The molecule has 1 aliphatic rings. The molecule has 0 unspecified atom stereocenters. The van der Waals surface area contributed by atoms with Gasteiger partial charge in [-0.05, 0) is 24.5 Å². The number of benzene rings is 1. The zero-order chi connectivity index (χ0) is 16.4. The van der Waals surface area contributed by atoms with Crippen molar-refractivity contribution in [3.8, 4) is 6.07 Å². The molecule has 1 aliphatic heterocycles. The molecule has 0 bridgehead atoms. The van der Waals surface area contributed by atoms with Gasteiger partial charge >= 0.3 is 0 Å². The third-order valence-electron chi connectivity index (χ3n) is 4.18. The van der Waals surface area contributed by atoms with Crippen LogP contribution in [0.15, 0.2) is 24.7 Å². The molecule has 2 atom stereocenters. The summed E-state index contributed by atoms with van der Waals surface area (Å²) in [5.74, 6) is 0.466. The van der Waals surface area contributed by atoms with E-state index in [0.29, 0.717) is 17.0 Å². The van der Waals surface area contributed by atoms with Gasteiger partial charge in [-0.3, -0.25) is 4.79 Å². The number of nitriles is 1. The van der Waals surface area contributed by atoms with Gasteiger partial charge in [-0.1, -0.05) is 6.92 Å². The maximum Gasteiger partial charge on any atom is 0.217 e. The van der Waals surface area contributed by atoms with E-state index in [4.69, 9.17) is 0 Å². The van der Waals surface area contributed by atoms with E-state index in [1.807, 2.05) is 6.07 Å². The van der Waals surface area contributed by atoms with Crippen LogP contribution in [0, 0.1) is 17.2 Å². The summed E-state index contributed by atoms with van der Waals surface area (Å²) in [4.78, 5) is 22.0. The number of hydrogen-bond donors (Lipinski definition) is 1. The maximum absolute atomic E-state index is 11.4. The Labute approximate surface area is 135 Å². The van der Waals surface area contributed by atoms with Crippen molar-refractivity contribution in [2.75, 3.05) is 18.0 Å². The first-order chi connectivity index (χ1) is 11.1. The van der Waals surface area contributed by atoms with Gasteiger partial charge in [0.15, 0.2) is 0 Å². The van der Waals surface area contributed by atoms with Crippen molar-refractivity contribution in [1.29, 1.82) is 5.26 Å². The number of amides is 1. The van der Waals surface area contributed by atoms with Gasteiger partial charge < -0.3 is 10.2 Å². The lowest BCUT2D eigenvalue weighted by Crippen LogP contribution is -2.50. The van der Waals surface area contributed by atoms with Gasteiger partial charge in [0.25, 0.3) is 0 Å². The van der Waals surface area contributed by atoms with Crippen molar-refractivity contribution in [3.05, 3.63) is 30.2 Å². The summed E-state index contributed by atoms with van der Waals surface area (Å²) in [5, 5.41) is 13.1. The van der Waals surface area contributed by atoms with Crippen LogP contribution in [0.4, 0.5) is 5.69 Å². The molecule has 118 valence electrons. The highest BCUT2D eigenvalue weighted by Gasteiger charge is 2.26. The second kappa shape index (κ2) is 6.21. The molecule has 0 saturated carbocycles. The van der Waals surface area contributed by atoms with Crippen LogP contribution in [0.3, 0.4) is 0 Å². The van der Waals surface area contributed by atoms with Crippen molar-refractivity contribution in [3.63, 3.8) is 0 Å². The minimum absolute atomic E-state index is 0.00271. The Morgan fingerprint density at radius 2 is 2.26 bits per heavy atom. The van der Waals surface area contributed by atoms with Crippen molar-refractivity contribution in [1.82, 2.24) is 15.3 Å². The zero-order valence-electron chi connectivity index (χ0n) is 13.3. The van der Waals surface area contributed by atoms with Crippen LogP contribution in [0.2, 0.25) is 0 Å². The van der Waals surface area contributed by atoms with Gasteiger partial charge in [0.05, 0.1) is 11.1 Å². The van der Waals surface area contributed by atoms with Gasteiger partial charge in [0.1, 0.15) is 12.4 Å². The number of aromatic nitrogens is 2. The molecule has 6 heteroatoms. The standard InChI is InChI=1S/C17H19N5O/c1-11-5-14(21-12(2)23)9-22(8-11)16-4-3-13(6-18)17-15(16)7-19-10-20-17/h3-4,7,10-11,14H,5,8-9H2,1-2H3,(H,21,23)/t11-,14+/m0/s1. The average molecular weight is 309 g/mol. The average Bonchev–Trinajstić information content (AvgIpc) is 2.52. The number of piperidine rings is 1. The smallest absolute Gasteiger partial charge is 0.217 e. The first kappa shape index (κ1) is 15.2. The Balaban J connectivity index is 1.99. The Hall–Kier alpha value is -2.68. The summed E-state index contributed by atoms with van der Waals surface area (Å²) in [5.41, 5.74) is 2.24. The van der Waals surface area contributed by atoms with Crippen LogP contribution in [-0.4, -0.2) is 35.0 Å². The number of fused-ring (bicyclic) bond motifs is 1. The highest BCUT2D eigenvalue weighted by Crippen LogP contribution is 2.30. The molecular formula is C17H19N5O. The van der Waals surface area contributed by atoms with E-state index < -0.39 is 0 Å². The molecular weight excluding hydrogens is 290 g/mol. The lowest BCUT2D eigenvalue weighted by atomic mass is 9.94. The number of rotatable bonds is 2. The van der Waals surface area contributed by atoms with Crippen LogP contribution in [0.25, 0.3) is 10.9 Å². The topological polar surface area (TPSA) is 81.9 Å². The molecule has 1 saturated heterocycles. The molecule has 1 aromatic heterocycles. The lowest BCUT2D eigenvalue weighted by Gasteiger charge is -2.38. The van der Waals surface area contributed by atoms with E-state index in [9.17, 15) is 10.1 Å². The monoisotopic (exact) mass is 309 g/mol. The summed E-state index contributed by atoms with van der Waals surface area (Å²) >= 11 is 0. The predicted molar refractivity (Wildman–Crippen MR) is 87.9 cm³/mol. The summed E-state index contributed by atoms with van der Waals surface area (Å²) < 4.78 is 0. The number of nitrogens with one attached hydrogen (secondary N) is 1. The van der Waals surface area contributed by atoms with Gasteiger partial charge in [-0.15, -0.1) is 0 Å². The van der Waals surface area contributed by atoms with E-state index in [2.05, 4.69) is 33.2 Å². The minimum atomic E-state index is -0.00271. The van der Waals surface area contributed by atoms with Crippen molar-refractivity contribution in [2.24, 2.45) is 5.92 Å². The van der Waals surface area contributed by atoms with E-state index in [0.717, 1.165) is 30.6 Å². The molecule has 3 rings (SSSR count). The lowest BCUT2D eigenvalue weighted by molar-refractivity contribution is -0.119. The number of nitrogens with zero attached hydrogens (tertiary/aromatic N) is 4. The molecule has 6 nitrogen and oxygen atoms in total. The Bertz CT molecular complexity index is 782. The summed E-state index contributed by atoms with van der Waals surface area (Å²) in [7, 11) is 0. The number of carbonyl (C=O) groups excluding carboxylic acids is 1. The molecule has 1 amide bonds. The molecule has 2 heterocycles. The predicted octanol–water partition coefficient (Wildman–Crippen LogP) is 1.85. The van der Waals surface area contributed by atoms with Gasteiger partial charge in [-0.2, -0.15) is 5.26 Å². The van der Waals surface area contributed by atoms with E-state index >= 15 is 0 Å². The van der Waals surface area contributed by atoms with E-state index in [1.165, 1.54) is 6.33 Å². The molecule has 0 radical (unpaired) electrons. The molecule has 23 heavy (non-hydrogen) atoms. The molecule has 1 fully saturated rings. The molecule has 1 N–H and O–H groups in total. The highest BCUT2D eigenvalue weighted by molar-refractivity contribution is 5.94. The SMILES string of the molecule is CC(=O)N[C@@H]1C[C@H](C)CN(c2ccc(C#N)c3ncncc23)C1. The minimum Gasteiger partial charge on any atom is -0.369 e. The quantitative estimate of drug-likeness (QED) is 0.915. The Morgan fingerprint density at radius 3 is 3.00 bits per heavy atom. The van der Waals surface area contributed by atoms with Crippen LogP contribution in [0.1, 0.15) is 25.8 Å². The zero-order valence-corrected chi connectivity index (χ0v) is 13.3. The normalized spacial score (nSPS) is 21.0. The third-order valence-corrected chi connectivity index (χ3v) is 4.18. The fourth-order valence-electron chi connectivity index (χ4n) is 3.37. The maximum atomic E-state index is 11.4. The Morgan fingerprint density at radius 1 is 1.43 bits per heavy atom. The van der Waals surface area contributed by atoms with Gasteiger partial charge in [0, 0.05) is 43.3 Å². The third kappa shape index (κ3) is 3.09. The summed E-state index contributed by atoms with van der Waals surface area (Å²) in [6.07, 6.45) is 4.19. The number of anilines is 1. The summed E-state index contributed by atoms with van der Waals surface area (Å²) in [6.45, 7) is 5.39. The van der Waals surface area contributed by atoms with E-state index in [-0.39, 0.29) is 11.9 Å². The van der Waals surface area contributed by atoms with Crippen molar-refractivity contribution in [2.45, 2.75) is 26.3 Å². The highest BCUT2D eigenvalue weighted by atomic mass is 16.1. The second-order valence-corrected chi connectivity index (χ2v) is 6.17. The van der Waals surface area contributed by atoms with Crippen LogP contribution in [-0.2, 0) is 4.79 Å². The van der Waals surface area contributed by atoms with Gasteiger partial charge in [0.2, 0.25) is 5.91 Å². The second-order valence-electron chi connectivity index (χ2n) is 6.17. The first-order valence-electron chi connectivity index (χ1n) is 7.73. The van der Waals surface area contributed by atoms with Gasteiger partial charge in [-0.25, -0.2) is 9.97 Å². The van der Waals surface area contributed by atoms with E-state index in [1.54, 1.807) is 19.2 Å². The number of hydrogen-bond acceptors (Lipinski definition) is 5. The molecule has 2 aromatic rings. The van der Waals surface area contributed by atoms with Crippen LogP contribution in [0.5, 0.6) is 0 Å². The van der Waals surface area contributed by atoms with Crippen LogP contribution >= 0.6 is 0 Å². The largest absolute Gasteiger partial charge is 0.369 e. The molecule has 0 spiro atoms. The fraction of sp³-hybridized carbons (Fsp3) is 0.412. The molecule has 1 aromatic carbocycles. The van der Waals surface area contributed by atoms with Crippen molar-refractivity contribution >= 4 is 22.5 Å². The Kier molecular flexibility index (Phi) is 4.11. The van der Waals surface area contributed by atoms with Crippen molar-refractivity contribution < 1.29 is 4.79 Å².